The van der Waals surface area contributed by atoms with Gasteiger partial charge in [0, 0.05) is 25.2 Å². The molecule has 0 radical (unpaired) electrons. The molecule has 2 unspecified atom stereocenters. The van der Waals surface area contributed by atoms with E-state index in [1.807, 2.05) is 25.2 Å². The van der Waals surface area contributed by atoms with Gasteiger partial charge in [-0.2, -0.15) is 0 Å². The SMILES string of the molecule is C.C=C1N(C)c2cccc3c2N1CCC(N)C3O. The fraction of sp³-hybridized carbons (Fsp3) is 0.429. The molecule has 4 nitrogen and oxygen atoms in total. The van der Waals surface area contributed by atoms with Crippen molar-refractivity contribution in [1.82, 2.24) is 0 Å². The number of benzene rings is 1. The summed E-state index contributed by atoms with van der Waals surface area (Å²) in [6.07, 6.45) is 0.177. The molecule has 0 saturated heterocycles. The number of anilines is 2. The number of para-hydroxylation sites is 1. The highest BCUT2D eigenvalue weighted by atomic mass is 16.3. The normalized spacial score (nSPS) is 25.6. The van der Waals surface area contributed by atoms with E-state index in [1.54, 1.807) is 0 Å². The molecular formula is C14H21N3O. The van der Waals surface area contributed by atoms with Crippen LogP contribution in [0, 0.1) is 0 Å². The minimum atomic E-state index is -0.589. The largest absolute Gasteiger partial charge is 0.387 e. The highest BCUT2D eigenvalue weighted by molar-refractivity contribution is 5.85. The van der Waals surface area contributed by atoms with E-state index in [0.29, 0.717) is 0 Å². The lowest BCUT2D eigenvalue weighted by Crippen LogP contribution is -2.31. The molecule has 0 amide bonds. The van der Waals surface area contributed by atoms with Crippen molar-refractivity contribution >= 4 is 11.4 Å². The number of aliphatic hydroxyl groups is 1. The number of hydrogen-bond acceptors (Lipinski definition) is 4. The van der Waals surface area contributed by atoms with Gasteiger partial charge in [0.15, 0.2) is 0 Å². The molecule has 2 heterocycles. The molecule has 0 aromatic heterocycles. The molecule has 3 rings (SSSR count). The zero-order valence-electron chi connectivity index (χ0n) is 9.93. The van der Waals surface area contributed by atoms with Crippen LogP contribution in [-0.2, 0) is 0 Å². The highest BCUT2D eigenvalue weighted by Crippen LogP contribution is 2.46. The molecule has 1 aromatic carbocycles. The maximum atomic E-state index is 10.3. The number of rotatable bonds is 0. The van der Waals surface area contributed by atoms with Crippen LogP contribution >= 0.6 is 0 Å². The lowest BCUT2D eigenvalue weighted by atomic mass is 10.0. The molecule has 98 valence electrons. The molecule has 0 fully saturated rings. The monoisotopic (exact) mass is 247 g/mol. The van der Waals surface area contributed by atoms with Gasteiger partial charge in [0.25, 0.3) is 0 Å². The number of nitrogens with zero attached hydrogens (tertiary/aromatic N) is 2. The molecule has 2 aliphatic rings. The maximum absolute atomic E-state index is 10.3. The first-order valence-corrected chi connectivity index (χ1v) is 5.88. The van der Waals surface area contributed by atoms with Crippen molar-refractivity contribution in [2.24, 2.45) is 5.73 Å². The van der Waals surface area contributed by atoms with Gasteiger partial charge in [-0.05, 0) is 12.5 Å². The zero-order chi connectivity index (χ0) is 12.2. The van der Waals surface area contributed by atoms with Crippen molar-refractivity contribution in [3.05, 3.63) is 36.2 Å². The number of hydrogen-bond donors (Lipinski definition) is 2. The molecule has 0 saturated carbocycles. The smallest absolute Gasteiger partial charge is 0.105 e. The van der Waals surface area contributed by atoms with Crippen molar-refractivity contribution in [2.75, 3.05) is 23.4 Å². The van der Waals surface area contributed by atoms with Crippen molar-refractivity contribution < 1.29 is 5.11 Å². The van der Waals surface area contributed by atoms with Crippen LogP contribution in [0.5, 0.6) is 0 Å². The van der Waals surface area contributed by atoms with Crippen LogP contribution in [0.2, 0.25) is 0 Å². The highest BCUT2D eigenvalue weighted by Gasteiger charge is 2.35. The van der Waals surface area contributed by atoms with E-state index in [9.17, 15) is 5.11 Å². The molecule has 2 aliphatic heterocycles. The van der Waals surface area contributed by atoms with Gasteiger partial charge in [0.05, 0.1) is 17.5 Å². The van der Waals surface area contributed by atoms with E-state index in [1.165, 1.54) is 0 Å². The predicted octanol–water partition coefficient (Wildman–Crippen LogP) is 1.81. The number of aliphatic hydroxyl groups excluding tert-OH is 1. The first kappa shape index (κ1) is 12.9. The molecule has 0 spiro atoms. The maximum Gasteiger partial charge on any atom is 0.105 e. The average molecular weight is 247 g/mol. The summed E-state index contributed by atoms with van der Waals surface area (Å²) in [7, 11) is 2.00. The molecule has 3 N–H and O–H groups in total. The summed E-state index contributed by atoms with van der Waals surface area (Å²) in [5.41, 5.74) is 9.07. The van der Waals surface area contributed by atoms with E-state index in [4.69, 9.17) is 5.73 Å². The first-order valence-electron chi connectivity index (χ1n) is 5.88. The second-order valence-electron chi connectivity index (χ2n) is 4.74. The summed E-state index contributed by atoms with van der Waals surface area (Å²) < 4.78 is 0. The number of nitrogens with two attached hydrogens (primary N) is 1. The Morgan fingerprint density at radius 3 is 2.89 bits per heavy atom. The molecule has 4 heteroatoms. The molecular weight excluding hydrogens is 226 g/mol. The van der Waals surface area contributed by atoms with E-state index >= 15 is 0 Å². The summed E-state index contributed by atoms with van der Waals surface area (Å²) >= 11 is 0. The van der Waals surface area contributed by atoms with Gasteiger partial charge in [-0.25, -0.2) is 0 Å². The third kappa shape index (κ3) is 1.53. The topological polar surface area (TPSA) is 52.7 Å². The minimum absolute atomic E-state index is 0. The van der Waals surface area contributed by atoms with Crippen molar-refractivity contribution in [2.45, 2.75) is 26.0 Å². The Kier molecular flexibility index (Phi) is 3.09. The molecule has 1 aromatic rings. The van der Waals surface area contributed by atoms with Gasteiger partial charge in [-0.1, -0.05) is 26.1 Å². The van der Waals surface area contributed by atoms with Crippen LogP contribution < -0.4 is 15.5 Å². The second kappa shape index (κ2) is 4.30. The van der Waals surface area contributed by atoms with Gasteiger partial charge < -0.3 is 20.6 Å². The lowest BCUT2D eigenvalue weighted by molar-refractivity contribution is 0.146. The van der Waals surface area contributed by atoms with Crippen LogP contribution in [0.3, 0.4) is 0 Å². The van der Waals surface area contributed by atoms with Crippen molar-refractivity contribution in [3.63, 3.8) is 0 Å². The van der Waals surface area contributed by atoms with Gasteiger partial charge >= 0.3 is 0 Å². The Balaban J connectivity index is 0.00000120. The van der Waals surface area contributed by atoms with Gasteiger partial charge in [0.1, 0.15) is 5.82 Å². The van der Waals surface area contributed by atoms with Gasteiger partial charge in [-0.3, -0.25) is 0 Å². The lowest BCUT2D eigenvalue weighted by Gasteiger charge is -2.21. The Morgan fingerprint density at radius 2 is 2.17 bits per heavy atom. The minimum Gasteiger partial charge on any atom is -0.387 e. The summed E-state index contributed by atoms with van der Waals surface area (Å²) in [6.45, 7) is 4.91. The van der Waals surface area contributed by atoms with Crippen LogP contribution in [0.15, 0.2) is 30.6 Å². The summed E-state index contributed by atoms with van der Waals surface area (Å²) in [4.78, 5) is 4.21. The van der Waals surface area contributed by atoms with Gasteiger partial charge in [0.2, 0.25) is 0 Å². The molecule has 18 heavy (non-hydrogen) atoms. The van der Waals surface area contributed by atoms with E-state index < -0.39 is 6.10 Å². The molecule has 2 atom stereocenters. The summed E-state index contributed by atoms with van der Waals surface area (Å²) in [5.74, 6) is 0.953. The average Bonchev–Trinajstić information content (AvgIpc) is 2.50. The van der Waals surface area contributed by atoms with Crippen molar-refractivity contribution in [1.29, 1.82) is 0 Å². The predicted molar refractivity (Wildman–Crippen MR) is 75.6 cm³/mol. The third-order valence-electron chi connectivity index (χ3n) is 3.79. The Hall–Kier alpha value is -1.52. The Bertz CT molecular complexity index is 486. The van der Waals surface area contributed by atoms with E-state index in [0.717, 1.165) is 35.7 Å². The van der Waals surface area contributed by atoms with Gasteiger partial charge in [-0.15, -0.1) is 0 Å². The fourth-order valence-corrected chi connectivity index (χ4v) is 2.71. The van der Waals surface area contributed by atoms with Crippen LogP contribution in [0.1, 0.15) is 25.5 Å². The first-order chi connectivity index (χ1) is 8.11. The fourth-order valence-electron chi connectivity index (χ4n) is 2.71. The second-order valence-corrected chi connectivity index (χ2v) is 4.74. The van der Waals surface area contributed by atoms with Crippen LogP contribution in [-0.4, -0.2) is 24.7 Å². The van der Waals surface area contributed by atoms with Crippen molar-refractivity contribution in [3.8, 4) is 0 Å². The quantitative estimate of drug-likeness (QED) is 0.734. The Morgan fingerprint density at radius 1 is 1.44 bits per heavy atom. The van der Waals surface area contributed by atoms with E-state index in [-0.39, 0.29) is 13.5 Å². The standard InChI is InChI=1S/C13H17N3O.CH4/c1-8-15(2)11-5-3-4-9-12(11)16(8)7-6-10(14)13(9)17;/h3-5,10,13,17H,1,6-7,14H2,2H3;1H4. The summed E-state index contributed by atoms with van der Waals surface area (Å²) in [5, 5.41) is 10.3. The molecule has 0 bridgehead atoms. The van der Waals surface area contributed by atoms with Crippen LogP contribution in [0.4, 0.5) is 11.4 Å². The summed E-state index contributed by atoms with van der Waals surface area (Å²) in [6, 6.07) is 5.76. The zero-order valence-corrected chi connectivity index (χ0v) is 9.93. The Labute approximate surface area is 108 Å². The van der Waals surface area contributed by atoms with Crippen LogP contribution in [0.25, 0.3) is 0 Å². The third-order valence-corrected chi connectivity index (χ3v) is 3.79. The molecule has 0 aliphatic carbocycles. The van der Waals surface area contributed by atoms with E-state index in [2.05, 4.69) is 16.4 Å².